The Morgan fingerprint density at radius 2 is 2.15 bits per heavy atom. The molecule has 0 saturated carbocycles. The minimum Gasteiger partial charge on any atom is -0.322 e. The summed E-state index contributed by atoms with van der Waals surface area (Å²) in [5, 5.41) is 2.97. The van der Waals surface area contributed by atoms with Gasteiger partial charge in [0, 0.05) is 6.54 Å². The van der Waals surface area contributed by atoms with Crippen molar-refractivity contribution in [2.24, 2.45) is 0 Å². The standard InChI is InChI=1S/C14H17F3N2O/c1-2-3-7-19-12(20)9-18-13(19)10-5-4-6-11(8-10)14(15,16)17/h4-6,8,13,18H,2-3,7,9H2,1H3. The van der Waals surface area contributed by atoms with E-state index in [9.17, 15) is 18.0 Å². The smallest absolute Gasteiger partial charge is 0.322 e. The number of amides is 1. The molecule has 1 aliphatic heterocycles. The molecular formula is C14H17F3N2O. The van der Waals surface area contributed by atoms with E-state index in [4.69, 9.17) is 0 Å². The van der Waals surface area contributed by atoms with Crippen LogP contribution in [0, 0.1) is 0 Å². The van der Waals surface area contributed by atoms with Gasteiger partial charge in [0.2, 0.25) is 5.91 Å². The molecule has 1 aromatic carbocycles. The number of carbonyl (C=O) groups excluding carboxylic acids is 1. The molecular weight excluding hydrogens is 269 g/mol. The third kappa shape index (κ3) is 3.12. The molecule has 1 saturated heterocycles. The van der Waals surface area contributed by atoms with Crippen molar-refractivity contribution in [3.05, 3.63) is 35.4 Å². The van der Waals surface area contributed by atoms with E-state index in [1.807, 2.05) is 6.92 Å². The maximum atomic E-state index is 12.7. The van der Waals surface area contributed by atoms with Crippen LogP contribution in [0.5, 0.6) is 0 Å². The van der Waals surface area contributed by atoms with E-state index < -0.39 is 17.9 Å². The minimum atomic E-state index is -4.37. The Labute approximate surface area is 115 Å². The van der Waals surface area contributed by atoms with E-state index in [0.717, 1.165) is 25.0 Å². The Morgan fingerprint density at radius 3 is 2.80 bits per heavy atom. The lowest BCUT2D eigenvalue weighted by atomic mass is 10.1. The van der Waals surface area contributed by atoms with Gasteiger partial charge in [0.05, 0.1) is 12.1 Å². The number of rotatable bonds is 4. The zero-order chi connectivity index (χ0) is 14.8. The van der Waals surface area contributed by atoms with Crippen LogP contribution >= 0.6 is 0 Å². The molecule has 0 spiro atoms. The van der Waals surface area contributed by atoms with Crippen LogP contribution in [-0.4, -0.2) is 23.9 Å². The second-order valence-corrected chi connectivity index (χ2v) is 4.85. The molecule has 3 nitrogen and oxygen atoms in total. The number of unbranched alkanes of at least 4 members (excludes halogenated alkanes) is 1. The number of halogens is 3. The monoisotopic (exact) mass is 286 g/mol. The van der Waals surface area contributed by atoms with E-state index in [1.54, 1.807) is 11.0 Å². The Morgan fingerprint density at radius 1 is 1.40 bits per heavy atom. The average Bonchev–Trinajstić information content (AvgIpc) is 2.77. The van der Waals surface area contributed by atoms with Crippen LogP contribution in [-0.2, 0) is 11.0 Å². The Balaban J connectivity index is 2.24. The fraction of sp³-hybridized carbons (Fsp3) is 0.500. The summed E-state index contributed by atoms with van der Waals surface area (Å²) in [5.74, 6) is -0.0686. The maximum Gasteiger partial charge on any atom is 0.416 e. The van der Waals surface area contributed by atoms with Crippen LogP contribution in [0.4, 0.5) is 13.2 Å². The van der Waals surface area contributed by atoms with Gasteiger partial charge in [-0.3, -0.25) is 10.1 Å². The SMILES string of the molecule is CCCCN1C(=O)CNC1c1cccc(C(F)(F)F)c1. The molecule has 20 heavy (non-hydrogen) atoms. The molecule has 2 rings (SSSR count). The molecule has 6 heteroatoms. The number of nitrogens with one attached hydrogen (secondary N) is 1. The second kappa shape index (κ2) is 5.83. The predicted molar refractivity (Wildman–Crippen MR) is 68.8 cm³/mol. The third-order valence-corrected chi connectivity index (χ3v) is 3.36. The van der Waals surface area contributed by atoms with Crippen LogP contribution in [0.2, 0.25) is 0 Å². The highest BCUT2D eigenvalue weighted by atomic mass is 19.4. The van der Waals surface area contributed by atoms with Gasteiger partial charge in [0.25, 0.3) is 0 Å². The fourth-order valence-electron chi connectivity index (χ4n) is 2.30. The minimum absolute atomic E-state index is 0.0686. The molecule has 1 heterocycles. The van der Waals surface area contributed by atoms with E-state index >= 15 is 0 Å². The molecule has 0 bridgehead atoms. The fourth-order valence-corrected chi connectivity index (χ4v) is 2.30. The summed E-state index contributed by atoms with van der Waals surface area (Å²) in [6, 6.07) is 5.14. The van der Waals surface area contributed by atoms with Crippen molar-refractivity contribution in [1.82, 2.24) is 10.2 Å². The summed E-state index contributed by atoms with van der Waals surface area (Å²) >= 11 is 0. The highest BCUT2D eigenvalue weighted by Gasteiger charge is 2.34. The first-order chi connectivity index (χ1) is 9.43. The lowest BCUT2D eigenvalue weighted by Crippen LogP contribution is -2.31. The summed E-state index contributed by atoms with van der Waals surface area (Å²) in [7, 11) is 0. The van der Waals surface area contributed by atoms with Gasteiger partial charge in [-0.05, 0) is 24.1 Å². The Hall–Kier alpha value is -1.56. The molecule has 0 aromatic heterocycles. The summed E-state index contributed by atoms with van der Waals surface area (Å²) in [5.41, 5.74) is -0.214. The van der Waals surface area contributed by atoms with Gasteiger partial charge >= 0.3 is 6.18 Å². The number of hydrogen-bond donors (Lipinski definition) is 1. The van der Waals surface area contributed by atoms with Crippen molar-refractivity contribution in [2.45, 2.75) is 32.1 Å². The predicted octanol–water partition coefficient (Wildman–Crippen LogP) is 2.94. The number of carbonyl (C=O) groups is 1. The van der Waals surface area contributed by atoms with Gasteiger partial charge < -0.3 is 4.90 Å². The normalized spacial score (nSPS) is 19.7. The molecule has 1 atom stereocenters. The van der Waals surface area contributed by atoms with Crippen LogP contribution < -0.4 is 5.32 Å². The van der Waals surface area contributed by atoms with Crippen LogP contribution in [0.1, 0.15) is 37.1 Å². The van der Waals surface area contributed by atoms with Gasteiger partial charge in [-0.15, -0.1) is 0 Å². The van der Waals surface area contributed by atoms with E-state index in [1.165, 1.54) is 6.07 Å². The quantitative estimate of drug-likeness (QED) is 0.923. The van der Waals surface area contributed by atoms with E-state index in [-0.39, 0.29) is 12.5 Å². The molecule has 1 aromatic rings. The van der Waals surface area contributed by atoms with Gasteiger partial charge in [0.15, 0.2) is 0 Å². The van der Waals surface area contributed by atoms with Gasteiger partial charge in [-0.1, -0.05) is 25.5 Å². The van der Waals surface area contributed by atoms with Crippen molar-refractivity contribution < 1.29 is 18.0 Å². The summed E-state index contributed by atoms with van der Waals surface area (Å²) in [6.45, 7) is 2.74. The number of benzene rings is 1. The van der Waals surface area contributed by atoms with Gasteiger partial charge in [0.1, 0.15) is 6.17 Å². The highest BCUT2D eigenvalue weighted by molar-refractivity contribution is 5.80. The zero-order valence-corrected chi connectivity index (χ0v) is 11.2. The number of hydrogen-bond acceptors (Lipinski definition) is 2. The van der Waals surface area contributed by atoms with E-state index in [2.05, 4.69) is 5.32 Å². The summed E-state index contributed by atoms with van der Waals surface area (Å²) in [4.78, 5) is 13.4. The largest absolute Gasteiger partial charge is 0.416 e. The van der Waals surface area contributed by atoms with Crippen molar-refractivity contribution in [3.63, 3.8) is 0 Å². The topological polar surface area (TPSA) is 32.3 Å². The lowest BCUT2D eigenvalue weighted by Gasteiger charge is -2.25. The zero-order valence-electron chi connectivity index (χ0n) is 11.2. The molecule has 0 aliphatic carbocycles. The molecule has 0 radical (unpaired) electrons. The summed E-state index contributed by atoms with van der Waals surface area (Å²) in [6.07, 6.45) is -3.06. The summed E-state index contributed by atoms with van der Waals surface area (Å²) < 4.78 is 38.2. The number of alkyl halides is 3. The molecule has 1 amide bonds. The van der Waals surface area contributed by atoms with Crippen molar-refractivity contribution in [1.29, 1.82) is 0 Å². The molecule has 1 aliphatic rings. The molecule has 1 fully saturated rings. The highest BCUT2D eigenvalue weighted by Crippen LogP contribution is 2.32. The van der Waals surface area contributed by atoms with E-state index in [0.29, 0.717) is 12.1 Å². The van der Waals surface area contributed by atoms with Gasteiger partial charge in [-0.2, -0.15) is 13.2 Å². The second-order valence-electron chi connectivity index (χ2n) is 4.85. The third-order valence-electron chi connectivity index (χ3n) is 3.36. The maximum absolute atomic E-state index is 12.7. The van der Waals surface area contributed by atoms with Crippen LogP contribution in [0.25, 0.3) is 0 Å². The van der Waals surface area contributed by atoms with Gasteiger partial charge in [-0.25, -0.2) is 0 Å². The molecule has 110 valence electrons. The lowest BCUT2D eigenvalue weighted by molar-refractivity contribution is -0.137. The van der Waals surface area contributed by atoms with Crippen molar-refractivity contribution >= 4 is 5.91 Å². The Bertz CT molecular complexity index is 488. The number of nitrogens with zero attached hydrogens (tertiary/aromatic N) is 1. The first-order valence-corrected chi connectivity index (χ1v) is 6.63. The first-order valence-electron chi connectivity index (χ1n) is 6.63. The molecule has 1 N–H and O–H groups in total. The van der Waals surface area contributed by atoms with Crippen molar-refractivity contribution in [3.8, 4) is 0 Å². The van der Waals surface area contributed by atoms with Crippen LogP contribution in [0.15, 0.2) is 24.3 Å². The average molecular weight is 286 g/mol. The molecule has 1 unspecified atom stereocenters. The first kappa shape index (κ1) is 14.8. The van der Waals surface area contributed by atoms with Crippen LogP contribution in [0.3, 0.4) is 0 Å². The Kier molecular flexibility index (Phi) is 4.32. The van der Waals surface area contributed by atoms with Crippen molar-refractivity contribution in [2.75, 3.05) is 13.1 Å².